The molecular formula is C14H14N4O2. The van der Waals surface area contributed by atoms with E-state index < -0.39 is 4.92 Å². The topological polar surface area (TPSA) is 83.1 Å². The fourth-order valence-electron chi connectivity index (χ4n) is 2.17. The van der Waals surface area contributed by atoms with Crippen molar-refractivity contribution in [3.8, 4) is 6.07 Å². The van der Waals surface area contributed by atoms with E-state index in [1.54, 1.807) is 18.2 Å². The predicted molar refractivity (Wildman–Crippen MR) is 76.4 cm³/mol. The van der Waals surface area contributed by atoms with Gasteiger partial charge in [0.05, 0.1) is 16.9 Å². The molecule has 1 aromatic heterocycles. The van der Waals surface area contributed by atoms with Crippen LogP contribution in [0.1, 0.15) is 6.92 Å². The van der Waals surface area contributed by atoms with Gasteiger partial charge in [-0.2, -0.15) is 5.26 Å². The average Bonchev–Trinajstić information content (AvgIpc) is 2.45. The monoisotopic (exact) mass is 270 g/mol. The lowest BCUT2D eigenvalue weighted by molar-refractivity contribution is -0.383. The van der Waals surface area contributed by atoms with Crippen molar-refractivity contribution in [2.75, 3.05) is 18.5 Å². The number of non-ortho nitro benzene ring substituents is 1. The van der Waals surface area contributed by atoms with E-state index >= 15 is 0 Å². The Balaban J connectivity index is 2.54. The molecule has 0 saturated heterocycles. The number of benzene rings is 1. The molecule has 102 valence electrons. The van der Waals surface area contributed by atoms with Crippen molar-refractivity contribution in [3.05, 3.63) is 40.6 Å². The second-order valence-corrected chi connectivity index (χ2v) is 4.67. The van der Waals surface area contributed by atoms with Crippen LogP contribution in [0.3, 0.4) is 0 Å². The van der Waals surface area contributed by atoms with Gasteiger partial charge in [-0.05, 0) is 25.1 Å². The highest BCUT2D eigenvalue weighted by molar-refractivity contribution is 5.97. The van der Waals surface area contributed by atoms with Crippen LogP contribution in [-0.4, -0.2) is 23.5 Å². The molecule has 1 atom stereocenters. The van der Waals surface area contributed by atoms with Crippen LogP contribution in [0.5, 0.6) is 0 Å². The van der Waals surface area contributed by atoms with Gasteiger partial charge in [0.15, 0.2) is 0 Å². The standard InChI is InChI=1S/C14H14N4O2/c1-10(8-15)9-17(2)12-5-6-13(18(19)20)14-11(12)4-3-7-16-14/h3-7,10H,9H2,1-2H3. The highest BCUT2D eigenvalue weighted by Gasteiger charge is 2.17. The normalized spacial score (nSPS) is 11.8. The first-order chi connectivity index (χ1) is 9.54. The summed E-state index contributed by atoms with van der Waals surface area (Å²) in [6.07, 6.45) is 1.54. The van der Waals surface area contributed by atoms with E-state index in [0.717, 1.165) is 5.69 Å². The summed E-state index contributed by atoms with van der Waals surface area (Å²) in [5.41, 5.74) is 1.19. The van der Waals surface area contributed by atoms with Crippen molar-refractivity contribution in [2.45, 2.75) is 6.92 Å². The van der Waals surface area contributed by atoms with Gasteiger partial charge in [-0.25, -0.2) is 4.98 Å². The average molecular weight is 270 g/mol. The van der Waals surface area contributed by atoms with Crippen molar-refractivity contribution < 1.29 is 4.92 Å². The maximum atomic E-state index is 11.0. The molecule has 0 aliphatic rings. The second-order valence-electron chi connectivity index (χ2n) is 4.67. The zero-order chi connectivity index (χ0) is 14.7. The number of hydrogen-bond acceptors (Lipinski definition) is 5. The number of aromatic nitrogens is 1. The Kier molecular flexibility index (Phi) is 3.80. The van der Waals surface area contributed by atoms with Gasteiger partial charge in [-0.15, -0.1) is 0 Å². The zero-order valence-electron chi connectivity index (χ0n) is 11.3. The highest BCUT2D eigenvalue weighted by Crippen LogP contribution is 2.31. The van der Waals surface area contributed by atoms with E-state index in [9.17, 15) is 10.1 Å². The molecule has 1 unspecified atom stereocenters. The van der Waals surface area contributed by atoms with Crippen LogP contribution in [0, 0.1) is 27.4 Å². The largest absolute Gasteiger partial charge is 0.373 e. The summed E-state index contributed by atoms with van der Waals surface area (Å²) in [5, 5.41) is 20.6. The minimum Gasteiger partial charge on any atom is -0.373 e. The second kappa shape index (κ2) is 5.53. The Hall–Kier alpha value is -2.68. The number of nitrogens with zero attached hydrogens (tertiary/aromatic N) is 4. The fraction of sp³-hybridized carbons (Fsp3) is 0.286. The summed E-state index contributed by atoms with van der Waals surface area (Å²) >= 11 is 0. The van der Waals surface area contributed by atoms with Crippen molar-refractivity contribution in [1.82, 2.24) is 4.98 Å². The molecule has 0 amide bonds. The number of nitro groups is 1. The van der Waals surface area contributed by atoms with Crippen LogP contribution in [0.4, 0.5) is 11.4 Å². The lowest BCUT2D eigenvalue weighted by Crippen LogP contribution is -2.23. The molecule has 0 saturated carbocycles. The maximum Gasteiger partial charge on any atom is 0.295 e. The van der Waals surface area contributed by atoms with Gasteiger partial charge in [0, 0.05) is 36.9 Å². The highest BCUT2D eigenvalue weighted by atomic mass is 16.6. The number of rotatable bonds is 4. The van der Waals surface area contributed by atoms with E-state index in [4.69, 9.17) is 5.26 Å². The first-order valence-electron chi connectivity index (χ1n) is 6.17. The number of hydrogen-bond donors (Lipinski definition) is 0. The summed E-state index contributed by atoms with van der Waals surface area (Å²) in [6, 6.07) is 8.89. The number of nitriles is 1. The summed E-state index contributed by atoms with van der Waals surface area (Å²) in [6.45, 7) is 2.39. The maximum absolute atomic E-state index is 11.0. The third-order valence-corrected chi connectivity index (χ3v) is 3.10. The lowest BCUT2D eigenvalue weighted by atomic mass is 10.1. The van der Waals surface area contributed by atoms with Crippen LogP contribution < -0.4 is 4.90 Å². The molecule has 0 aliphatic heterocycles. The Morgan fingerprint density at radius 2 is 2.25 bits per heavy atom. The number of pyridine rings is 1. The van der Waals surface area contributed by atoms with E-state index in [1.165, 1.54) is 12.3 Å². The molecule has 1 heterocycles. The molecule has 0 bridgehead atoms. The Morgan fingerprint density at radius 3 is 2.90 bits per heavy atom. The summed E-state index contributed by atoms with van der Waals surface area (Å²) in [4.78, 5) is 16.6. The summed E-state index contributed by atoms with van der Waals surface area (Å²) < 4.78 is 0. The minimum absolute atomic E-state index is 0.00826. The van der Waals surface area contributed by atoms with Gasteiger partial charge >= 0.3 is 0 Å². The van der Waals surface area contributed by atoms with Crippen molar-refractivity contribution in [3.63, 3.8) is 0 Å². The molecule has 1 aromatic carbocycles. The van der Waals surface area contributed by atoms with E-state index in [2.05, 4.69) is 11.1 Å². The third kappa shape index (κ3) is 2.52. The lowest BCUT2D eigenvalue weighted by Gasteiger charge is -2.21. The van der Waals surface area contributed by atoms with Gasteiger partial charge in [0.25, 0.3) is 5.69 Å². The van der Waals surface area contributed by atoms with E-state index in [0.29, 0.717) is 17.4 Å². The molecule has 6 nitrogen and oxygen atoms in total. The summed E-state index contributed by atoms with van der Waals surface area (Å²) in [5.74, 6) is -0.123. The van der Waals surface area contributed by atoms with E-state index in [-0.39, 0.29) is 11.6 Å². The molecule has 0 aliphatic carbocycles. The van der Waals surface area contributed by atoms with Gasteiger partial charge < -0.3 is 4.90 Å². The first-order valence-corrected chi connectivity index (χ1v) is 6.17. The third-order valence-electron chi connectivity index (χ3n) is 3.10. The Labute approximate surface area is 116 Å². The molecule has 0 spiro atoms. The van der Waals surface area contributed by atoms with Crippen LogP contribution in [0.15, 0.2) is 30.5 Å². The van der Waals surface area contributed by atoms with Crippen molar-refractivity contribution in [2.24, 2.45) is 5.92 Å². The molecule has 2 rings (SSSR count). The molecule has 0 N–H and O–H groups in total. The van der Waals surface area contributed by atoms with E-state index in [1.807, 2.05) is 18.9 Å². The predicted octanol–water partition coefficient (Wildman–Crippen LogP) is 2.74. The number of fused-ring (bicyclic) bond motifs is 1. The molecule has 0 fully saturated rings. The van der Waals surface area contributed by atoms with Crippen LogP contribution in [-0.2, 0) is 0 Å². The molecule has 20 heavy (non-hydrogen) atoms. The summed E-state index contributed by atoms with van der Waals surface area (Å²) in [7, 11) is 1.86. The van der Waals surface area contributed by atoms with Crippen LogP contribution in [0.2, 0.25) is 0 Å². The number of anilines is 1. The molecule has 2 aromatic rings. The van der Waals surface area contributed by atoms with Gasteiger partial charge in [-0.1, -0.05) is 0 Å². The van der Waals surface area contributed by atoms with Crippen LogP contribution >= 0.6 is 0 Å². The van der Waals surface area contributed by atoms with Crippen LogP contribution in [0.25, 0.3) is 10.9 Å². The minimum atomic E-state index is -0.434. The van der Waals surface area contributed by atoms with Gasteiger partial charge in [0.1, 0.15) is 5.52 Å². The van der Waals surface area contributed by atoms with Gasteiger partial charge in [0.2, 0.25) is 0 Å². The van der Waals surface area contributed by atoms with Crippen molar-refractivity contribution >= 4 is 22.3 Å². The fourth-order valence-corrected chi connectivity index (χ4v) is 2.17. The first kappa shape index (κ1) is 13.7. The smallest absolute Gasteiger partial charge is 0.295 e. The zero-order valence-corrected chi connectivity index (χ0v) is 11.3. The molecular weight excluding hydrogens is 256 g/mol. The SMILES string of the molecule is CC(C#N)CN(C)c1ccc([N+](=O)[O-])c2ncccc12. The Bertz CT molecular complexity index is 693. The molecule has 0 radical (unpaired) electrons. The quantitative estimate of drug-likeness (QED) is 0.630. The Morgan fingerprint density at radius 1 is 1.50 bits per heavy atom. The van der Waals surface area contributed by atoms with Gasteiger partial charge in [-0.3, -0.25) is 10.1 Å². The number of nitro benzene ring substituents is 1. The molecule has 6 heteroatoms. The van der Waals surface area contributed by atoms with Crippen molar-refractivity contribution in [1.29, 1.82) is 5.26 Å².